The van der Waals surface area contributed by atoms with E-state index in [0.29, 0.717) is 13.2 Å². The summed E-state index contributed by atoms with van der Waals surface area (Å²) in [6.07, 6.45) is 2.46. The molecule has 2 aliphatic heterocycles. The molecule has 2 aromatic carbocycles. The number of nitrogens with zero attached hydrogens (tertiary/aromatic N) is 2. The molecule has 2 heterocycles. The predicted octanol–water partition coefficient (Wildman–Crippen LogP) is 3.50. The first-order valence-corrected chi connectivity index (χ1v) is 12.2. The number of aliphatic hydroxyl groups is 1. The number of hydrogen-bond acceptors (Lipinski definition) is 6. The van der Waals surface area contributed by atoms with Gasteiger partial charge in [-0.2, -0.15) is 0 Å². The molecule has 0 unspecified atom stereocenters. The molecule has 0 radical (unpaired) electrons. The Hall–Kier alpha value is -2.12. The minimum absolute atomic E-state index is 0.348. The molecule has 2 fully saturated rings. The average molecular weight is 455 g/mol. The third-order valence-corrected chi connectivity index (χ3v) is 6.65. The van der Waals surface area contributed by atoms with Gasteiger partial charge >= 0.3 is 0 Å². The molecule has 180 valence electrons. The van der Waals surface area contributed by atoms with Crippen molar-refractivity contribution in [1.82, 2.24) is 9.80 Å². The first-order valence-electron chi connectivity index (χ1n) is 12.2. The third kappa shape index (κ3) is 7.71. The molecule has 33 heavy (non-hydrogen) atoms. The smallest absolute Gasteiger partial charge is 0.119 e. The highest BCUT2D eigenvalue weighted by molar-refractivity contribution is 5.27. The Balaban J connectivity index is 1.19. The van der Waals surface area contributed by atoms with Crippen LogP contribution in [0.4, 0.5) is 0 Å². The van der Waals surface area contributed by atoms with E-state index in [0.717, 1.165) is 83.2 Å². The third-order valence-electron chi connectivity index (χ3n) is 6.65. The van der Waals surface area contributed by atoms with Crippen LogP contribution in [0.5, 0.6) is 11.5 Å². The van der Waals surface area contributed by atoms with Crippen LogP contribution in [-0.4, -0.2) is 79.7 Å². The zero-order chi connectivity index (χ0) is 22.9. The fraction of sp³-hybridized carbons (Fsp3) is 0.556. The molecule has 4 rings (SSSR count). The van der Waals surface area contributed by atoms with Gasteiger partial charge < -0.3 is 19.3 Å². The maximum atomic E-state index is 11.1. The summed E-state index contributed by atoms with van der Waals surface area (Å²) in [5.74, 6) is 1.74. The molecule has 6 heteroatoms. The van der Waals surface area contributed by atoms with Gasteiger partial charge in [0, 0.05) is 32.7 Å². The lowest BCUT2D eigenvalue weighted by Gasteiger charge is -2.27. The average Bonchev–Trinajstić information content (AvgIpc) is 3.02. The summed E-state index contributed by atoms with van der Waals surface area (Å²) >= 11 is 0. The van der Waals surface area contributed by atoms with Gasteiger partial charge in [-0.05, 0) is 62.6 Å². The molecule has 1 atom stereocenters. The van der Waals surface area contributed by atoms with E-state index in [9.17, 15) is 5.11 Å². The summed E-state index contributed by atoms with van der Waals surface area (Å²) in [5.41, 5.74) is 1.72. The molecule has 2 aliphatic rings. The van der Waals surface area contributed by atoms with Gasteiger partial charge in [0.25, 0.3) is 0 Å². The maximum absolute atomic E-state index is 11.1. The molecule has 1 N–H and O–H groups in total. The molecule has 0 bridgehead atoms. The highest BCUT2D eigenvalue weighted by atomic mass is 16.5. The topological polar surface area (TPSA) is 54.4 Å². The molecule has 0 aliphatic carbocycles. The van der Waals surface area contributed by atoms with Crippen LogP contribution < -0.4 is 9.47 Å². The van der Waals surface area contributed by atoms with Crippen LogP contribution in [-0.2, 0) is 11.3 Å². The van der Waals surface area contributed by atoms with Gasteiger partial charge in [-0.15, -0.1) is 0 Å². The minimum atomic E-state index is -0.766. The molecular formula is C27H38N2O4. The maximum Gasteiger partial charge on any atom is 0.119 e. The Labute approximate surface area is 198 Å². The van der Waals surface area contributed by atoms with Crippen LogP contribution in [0.3, 0.4) is 0 Å². The van der Waals surface area contributed by atoms with E-state index in [1.807, 2.05) is 24.3 Å². The zero-order valence-corrected chi connectivity index (χ0v) is 19.9. The lowest BCUT2D eigenvalue weighted by molar-refractivity contribution is -0.0168. The van der Waals surface area contributed by atoms with Crippen molar-refractivity contribution in [2.75, 3.05) is 59.2 Å². The van der Waals surface area contributed by atoms with Crippen molar-refractivity contribution in [3.8, 4) is 11.5 Å². The van der Waals surface area contributed by atoms with Crippen molar-refractivity contribution >= 4 is 0 Å². The number of ether oxygens (including phenoxy) is 3. The van der Waals surface area contributed by atoms with Crippen LogP contribution in [0.1, 0.15) is 30.4 Å². The second-order valence-electron chi connectivity index (χ2n) is 9.40. The fourth-order valence-electron chi connectivity index (χ4n) is 4.46. The van der Waals surface area contributed by atoms with E-state index in [1.54, 1.807) is 0 Å². The van der Waals surface area contributed by atoms with Crippen LogP contribution in [0, 0.1) is 6.92 Å². The Bertz CT molecular complexity index is 836. The largest absolute Gasteiger partial charge is 0.492 e. The van der Waals surface area contributed by atoms with Crippen molar-refractivity contribution < 1.29 is 19.3 Å². The van der Waals surface area contributed by atoms with Gasteiger partial charge in [-0.25, -0.2) is 0 Å². The first-order chi connectivity index (χ1) is 16.1. The Morgan fingerprint density at radius 1 is 0.848 bits per heavy atom. The first kappa shape index (κ1) is 24.0. The number of benzene rings is 2. The van der Waals surface area contributed by atoms with Gasteiger partial charge in [0.2, 0.25) is 0 Å². The van der Waals surface area contributed by atoms with Crippen molar-refractivity contribution in [2.24, 2.45) is 0 Å². The van der Waals surface area contributed by atoms with E-state index in [1.165, 1.54) is 11.1 Å². The van der Waals surface area contributed by atoms with Crippen molar-refractivity contribution in [3.63, 3.8) is 0 Å². The molecule has 0 amide bonds. The normalized spacial score (nSPS) is 22.6. The lowest BCUT2D eigenvalue weighted by Crippen LogP contribution is -2.38. The molecule has 0 saturated carbocycles. The number of morpholine rings is 1. The van der Waals surface area contributed by atoms with Crippen molar-refractivity contribution in [3.05, 3.63) is 59.7 Å². The highest BCUT2D eigenvalue weighted by Gasteiger charge is 2.31. The summed E-state index contributed by atoms with van der Waals surface area (Å²) < 4.78 is 17.2. The minimum Gasteiger partial charge on any atom is -0.492 e. The Morgan fingerprint density at radius 3 is 2.30 bits per heavy atom. The highest BCUT2D eigenvalue weighted by Crippen LogP contribution is 2.25. The zero-order valence-electron chi connectivity index (χ0n) is 19.9. The van der Waals surface area contributed by atoms with Crippen LogP contribution >= 0.6 is 0 Å². The van der Waals surface area contributed by atoms with Crippen LogP contribution in [0.2, 0.25) is 0 Å². The summed E-state index contributed by atoms with van der Waals surface area (Å²) in [4.78, 5) is 4.81. The van der Waals surface area contributed by atoms with Gasteiger partial charge in [0.15, 0.2) is 0 Å². The van der Waals surface area contributed by atoms with Gasteiger partial charge in [0.1, 0.15) is 24.7 Å². The van der Waals surface area contributed by atoms with Gasteiger partial charge in [-0.1, -0.05) is 29.8 Å². The van der Waals surface area contributed by atoms with E-state index >= 15 is 0 Å². The van der Waals surface area contributed by atoms with E-state index < -0.39 is 5.60 Å². The number of rotatable bonds is 9. The monoisotopic (exact) mass is 454 g/mol. The Kier molecular flexibility index (Phi) is 8.62. The number of hydrogen-bond donors (Lipinski definition) is 1. The fourth-order valence-corrected chi connectivity index (χ4v) is 4.46. The van der Waals surface area contributed by atoms with E-state index in [-0.39, 0.29) is 0 Å². The molecular weight excluding hydrogens is 416 g/mol. The molecule has 2 aromatic rings. The molecule has 6 nitrogen and oxygen atoms in total. The van der Waals surface area contributed by atoms with Crippen LogP contribution in [0.15, 0.2) is 48.5 Å². The predicted molar refractivity (Wildman–Crippen MR) is 130 cm³/mol. The van der Waals surface area contributed by atoms with Crippen molar-refractivity contribution in [2.45, 2.75) is 38.3 Å². The molecule has 0 spiro atoms. The molecule has 0 aromatic heterocycles. The quantitative estimate of drug-likeness (QED) is 0.626. The number of likely N-dealkylation sites (tertiary alicyclic amines) is 1. The van der Waals surface area contributed by atoms with E-state index in [4.69, 9.17) is 14.2 Å². The summed E-state index contributed by atoms with van der Waals surface area (Å²) in [5, 5.41) is 11.1. The second kappa shape index (κ2) is 11.8. The van der Waals surface area contributed by atoms with Crippen LogP contribution in [0.25, 0.3) is 0 Å². The van der Waals surface area contributed by atoms with Crippen molar-refractivity contribution in [1.29, 1.82) is 0 Å². The summed E-state index contributed by atoms with van der Waals surface area (Å²) in [7, 11) is 0. The lowest BCUT2D eigenvalue weighted by atomic mass is 9.96. The Morgan fingerprint density at radius 2 is 1.55 bits per heavy atom. The number of aryl methyl sites for hydroxylation is 1. The SMILES string of the molecule is Cc1ccc(OC[C@]2(O)CCCN(Cc3ccc(OCCN4CCOCC4)cc3)CC2)cc1. The summed E-state index contributed by atoms with van der Waals surface area (Å²) in [6.45, 7) is 10.4. The second-order valence-corrected chi connectivity index (χ2v) is 9.40. The standard InChI is InChI=1S/C27H38N2O4/c1-23-3-7-26(8-4-23)33-22-27(30)11-2-13-29(14-12-27)21-24-5-9-25(10-6-24)32-20-17-28-15-18-31-19-16-28/h3-10,30H,2,11-22H2,1H3/t27-/m0/s1. The van der Waals surface area contributed by atoms with E-state index in [2.05, 4.69) is 41.0 Å². The molecule has 2 saturated heterocycles. The summed E-state index contributed by atoms with van der Waals surface area (Å²) in [6, 6.07) is 16.5. The van der Waals surface area contributed by atoms with Gasteiger partial charge in [-0.3, -0.25) is 9.80 Å². The van der Waals surface area contributed by atoms with Gasteiger partial charge in [0.05, 0.1) is 18.8 Å².